The summed E-state index contributed by atoms with van der Waals surface area (Å²) < 4.78 is 0. The van der Waals surface area contributed by atoms with E-state index in [9.17, 15) is 9.59 Å². The Hall–Kier alpha value is -3.45. The number of carboxylic acid groups (broad SMARTS) is 1. The number of hydrogen-bond donors (Lipinski definition) is 3. The number of hydrogen-bond acceptors (Lipinski definition) is 5. The van der Waals surface area contributed by atoms with Crippen LogP contribution < -0.4 is 5.73 Å². The number of carbonyl (C=O) groups is 2. The Labute approximate surface area is 187 Å². The van der Waals surface area contributed by atoms with Crippen LogP contribution in [-0.4, -0.2) is 52.5 Å². The van der Waals surface area contributed by atoms with Crippen LogP contribution >= 0.6 is 0 Å². The van der Waals surface area contributed by atoms with Crippen LogP contribution in [0, 0.1) is 0 Å². The van der Waals surface area contributed by atoms with Crippen molar-refractivity contribution in [3.05, 3.63) is 59.2 Å². The van der Waals surface area contributed by atoms with Crippen molar-refractivity contribution < 1.29 is 19.8 Å². The molecule has 0 saturated heterocycles. The molecular weight excluding hydrogens is 406 g/mol. The van der Waals surface area contributed by atoms with E-state index in [4.69, 9.17) is 15.9 Å². The largest absolute Gasteiger partial charge is 0.481 e. The molecule has 7 nitrogen and oxygen atoms in total. The van der Waals surface area contributed by atoms with Crippen LogP contribution in [0.5, 0.6) is 0 Å². The molecule has 1 aliphatic heterocycles. The summed E-state index contributed by atoms with van der Waals surface area (Å²) in [5.74, 6) is -0.570. The lowest BCUT2D eigenvalue weighted by molar-refractivity contribution is -0.136. The van der Waals surface area contributed by atoms with Gasteiger partial charge in [0.2, 0.25) is 5.91 Å². The molecule has 32 heavy (non-hydrogen) atoms. The fourth-order valence-corrected chi connectivity index (χ4v) is 3.75. The van der Waals surface area contributed by atoms with Gasteiger partial charge in [-0.25, -0.2) is 4.99 Å². The molecule has 3 rings (SSSR count). The van der Waals surface area contributed by atoms with E-state index < -0.39 is 5.97 Å². The van der Waals surface area contributed by atoms with E-state index in [0.29, 0.717) is 36.6 Å². The van der Waals surface area contributed by atoms with Crippen molar-refractivity contribution in [2.24, 2.45) is 10.7 Å². The number of nitrogens with zero attached hydrogens (tertiary/aromatic N) is 2. The highest BCUT2D eigenvalue weighted by Gasteiger charge is 2.21. The summed E-state index contributed by atoms with van der Waals surface area (Å²) in [6.45, 7) is 3.18. The SMILES string of the molecule is CCCN(CCCO)C(=O)C1=Cc2ccc(-c3ccc(CC(=O)O)cc3)cc2N=C(N)C1. The van der Waals surface area contributed by atoms with Gasteiger partial charge in [0.05, 0.1) is 12.1 Å². The molecule has 0 bridgehead atoms. The molecule has 4 N–H and O–H groups in total. The molecule has 2 aromatic rings. The topological polar surface area (TPSA) is 116 Å². The second kappa shape index (κ2) is 10.7. The van der Waals surface area contributed by atoms with Crippen molar-refractivity contribution in [3.8, 4) is 11.1 Å². The van der Waals surface area contributed by atoms with Crippen molar-refractivity contribution in [1.29, 1.82) is 0 Å². The van der Waals surface area contributed by atoms with Crippen LogP contribution in [0.3, 0.4) is 0 Å². The number of rotatable bonds is 9. The Balaban J connectivity index is 1.89. The van der Waals surface area contributed by atoms with E-state index in [1.807, 2.05) is 43.3 Å². The molecule has 0 aromatic heterocycles. The van der Waals surface area contributed by atoms with E-state index in [-0.39, 0.29) is 25.4 Å². The number of aliphatic imine (C=N–C) groups is 1. The van der Waals surface area contributed by atoms with E-state index in [2.05, 4.69) is 4.99 Å². The monoisotopic (exact) mass is 435 g/mol. The smallest absolute Gasteiger partial charge is 0.307 e. The number of nitrogens with two attached hydrogens (primary N) is 1. The normalized spacial score (nSPS) is 12.9. The van der Waals surface area contributed by atoms with Gasteiger partial charge < -0.3 is 20.8 Å². The van der Waals surface area contributed by atoms with Crippen LogP contribution in [0.1, 0.15) is 37.3 Å². The highest BCUT2D eigenvalue weighted by atomic mass is 16.4. The number of amidine groups is 1. The van der Waals surface area contributed by atoms with Crippen molar-refractivity contribution in [2.75, 3.05) is 19.7 Å². The summed E-state index contributed by atoms with van der Waals surface area (Å²) in [6.07, 6.45) is 3.47. The zero-order valence-electron chi connectivity index (χ0n) is 18.3. The van der Waals surface area contributed by atoms with E-state index in [1.165, 1.54) is 0 Å². The van der Waals surface area contributed by atoms with Gasteiger partial charge in [0.1, 0.15) is 5.84 Å². The summed E-state index contributed by atoms with van der Waals surface area (Å²) in [7, 11) is 0. The van der Waals surface area contributed by atoms with Crippen molar-refractivity contribution in [2.45, 2.75) is 32.6 Å². The third kappa shape index (κ3) is 5.82. The number of aliphatic hydroxyl groups excluding tert-OH is 1. The molecule has 0 spiro atoms. The number of benzene rings is 2. The Morgan fingerprint density at radius 3 is 2.47 bits per heavy atom. The Morgan fingerprint density at radius 1 is 1.09 bits per heavy atom. The van der Waals surface area contributed by atoms with Crippen LogP contribution in [0.25, 0.3) is 17.2 Å². The minimum Gasteiger partial charge on any atom is -0.481 e. The Morgan fingerprint density at radius 2 is 1.81 bits per heavy atom. The van der Waals surface area contributed by atoms with Gasteiger partial charge in [-0.05, 0) is 41.7 Å². The second-order valence-corrected chi connectivity index (χ2v) is 7.86. The number of aliphatic carboxylic acids is 1. The van der Waals surface area contributed by atoms with Gasteiger partial charge in [0, 0.05) is 37.3 Å². The highest BCUT2D eigenvalue weighted by Crippen LogP contribution is 2.32. The van der Waals surface area contributed by atoms with E-state index in [0.717, 1.165) is 28.7 Å². The molecule has 0 radical (unpaired) electrons. The average Bonchev–Trinajstić information content (AvgIpc) is 2.93. The molecular formula is C25H29N3O4. The minimum atomic E-state index is -0.862. The first kappa shape index (κ1) is 23.2. The molecule has 2 aromatic carbocycles. The van der Waals surface area contributed by atoms with Gasteiger partial charge in [-0.15, -0.1) is 0 Å². The van der Waals surface area contributed by atoms with Crippen LogP contribution in [0.4, 0.5) is 5.69 Å². The van der Waals surface area contributed by atoms with Crippen LogP contribution in [0.15, 0.2) is 53.0 Å². The number of carbonyl (C=O) groups excluding carboxylic acids is 1. The summed E-state index contributed by atoms with van der Waals surface area (Å²) in [5, 5.41) is 18.1. The number of carboxylic acids is 1. The summed E-state index contributed by atoms with van der Waals surface area (Å²) in [4.78, 5) is 30.3. The molecule has 1 amide bonds. The first-order valence-corrected chi connectivity index (χ1v) is 10.8. The van der Waals surface area contributed by atoms with Gasteiger partial charge in [0.15, 0.2) is 0 Å². The molecule has 7 heteroatoms. The average molecular weight is 436 g/mol. The molecule has 1 heterocycles. The van der Waals surface area contributed by atoms with Crippen molar-refractivity contribution in [3.63, 3.8) is 0 Å². The zero-order valence-corrected chi connectivity index (χ0v) is 18.3. The second-order valence-electron chi connectivity index (χ2n) is 7.86. The number of amides is 1. The summed E-state index contributed by atoms with van der Waals surface area (Å²) in [6, 6.07) is 13.2. The predicted octanol–water partition coefficient (Wildman–Crippen LogP) is 3.38. The number of aliphatic hydroxyl groups is 1. The van der Waals surface area contributed by atoms with Crippen LogP contribution in [0.2, 0.25) is 0 Å². The summed E-state index contributed by atoms with van der Waals surface area (Å²) in [5.41, 5.74) is 10.9. The van der Waals surface area contributed by atoms with Crippen molar-refractivity contribution >= 4 is 29.5 Å². The Kier molecular flexibility index (Phi) is 7.78. The Bertz CT molecular complexity index is 1040. The lowest BCUT2D eigenvalue weighted by atomic mass is 9.99. The standard InChI is InChI=1S/C25H29N3O4/c1-2-10-28(11-3-12-29)25(32)21-14-20-9-8-19(15-22(20)27-23(26)16-21)18-6-4-17(5-7-18)13-24(30)31/h4-9,14-15,29H,2-3,10-13,16H2,1H3,(H2,26,27)(H,30,31). The van der Waals surface area contributed by atoms with Gasteiger partial charge in [-0.1, -0.05) is 43.3 Å². The quantitative estimate of drug-likeness (QED) is 0.558. The van der Waals surface area contributed by atoms with Crippen LogP contribution in [-0.2, 0) is 16.0 Å². The van der Waals surface area contributed by atoms with E-state index >= 15 is 0 Å². The molecule has 0 fully saturated rings. The first-order chi connectivity index (χ1) is 15.4. The fraction of sp³-hybridized carbons (Fsp3) is 0.320. The molecule has 0 saturated carbocycles. The maximum atomic E-state index is 13.1. The third-order valence-corrected chi connectivity index (χ3v) is 5.28. The third-order valence-electron chi connectivity index (χ3n) is 5.28. The minimum absolute atomic E-state index is 0.0136. The van der Waals surface area contributed by atoms with Gasteiger partial charge in [0.25, 0.3) is 0 Å². The predicted molar refractivity (Wildman–Crippen MR) is 126 cm³/mol. The van der Waals surface area contributed by atoms with Gasteiger partial charge >= 0.3 is 5.97 Å². The first-order valence-electron chi connectivity index (χ1n) is 10.8. The number of fused-ring (bicyclic) bond motifs is 1. The van der Waals surface area contributed by atoms with Gasteiger partial charge in [-0.3, -0.25) is 9.59 Å². The van der Waals surface area contributed by atoms with Crippen molar-refractivity contribution in [1.82, 2.24) is 4.90 Å². The lowest BCUT2D eigenvalue weighted by Crippen LogP contribution is -2.35. The molecule has 1 aliphatic rings. The fourth-order valence-electron chi connectivity index (χ4n) is 3.75. The highest BCUT2D eigenvalue weighted by molar-refractivity contribution is 6.05. The maximum Gasteiger partial charge on any atom is 0.307 e. The molecule has 0 aliphatic carbocycles. The zero-order chi connectivity index (χ0) is 23.1. The molecule has 168 valence electrons. The molecule has 0 atom stereocenters. The van der Waals surface area contributed by atoms with Gasteiger partial charge in [-0.2, -0.15) is 0 Å². The lowest BCUT2D eigenvalue weighted by Gasteiger charge is -2.23. The maximum absolute atomic E-state index is 13.1. The molecule has 0 unspecified atom stereocenters. The summed E-state index contributed by atoms with van der Waals surface area (Å²) >= 11 is 0. The van der Waals surface area contributed by atoms with E-state index in [1.54, 1.807) is 17.0 Å².